The zero-order valence-corrected chi connectivity index (χ0v) is 22.4. The normalized spacial score (nSPS) is 20.6. The average molecular weight is 553 g/mol. The number of hydrogen-bond acceptors (Lipinski definition) is 5. The molecule has 3 aromatic rings. The van der Waals surface area contributed by atoms with Gasteiger partial charge in [-0.2, -0.15) is 0 Å². The molecule has 2 N–H and O–H groups in total. The van der Waals surface area contributed by atoms with Crippen molar-refractivity contribution >= 4 is 40.3 Å². The molecular weight excluding hydrogens is 521 g/mol. The molecule has 0 radical (unpaired) electrons. The molecule has 0 spiro atoms. The Morgan fingerprint density at radius 3 is 2.85 bits per heavy atom. The van der Waals surface area contributed by atoms with E-state index in [4.69, 9.17) is 20.8 Å². The number of benzene rings is 3. The van der Waals surface area contributed by atoms with Crippen LogP contribution in [-0.4, -0.2) is 67.6 Å². The standard InChI is InChI=1S/C30H31ClFN3O4/c31-28-23-6-5-22(32)15-19(23)3-7-25(28)35-12-9-21(17-35)30(37)33-24(18-34-10-1-2-11-34)29(36)20-4-8-26-27(16-20)39-14-13-38-26/h3-8,13,15-16,21,24,29,36H,1-2,9-12,14,17-18H2/p+1/t21-,24-,29-/m1/s1. The predicted molar refractivity (Wildman–Crippen MR) is 149 cm³/mol. The molecule has 0 saturated carbocycles. The Balaban J connectivity index is 1.17. The number of carbonyl (C=O) groups is 1. The monoisotopic (exact) mass is 552 g/mol. The van der Waals surface area contributed by atoms with Gasteiger partial charge in [0.05, 0.1) is 22.7 Å². The number of nitrogens with zero attached hydrogens (tertiary/aromatic N) is 2. The number of nitrogens with one attached hydrogen (secondary N) is 1. The van der Waals surface area contributed by atoms with Crippen LogP contribution in [0.25, 0.3) is 10.8 Å². The van der Waals surface area contributed by atoms with Gasteiger partial charge in [-0.15, -0.1) is 0 Å². The van der Waals surface area contributed by atoms with Gasteiger partial charge in [-0.3, -0.25) is 4.79 Å². The SMILES string of the molecule is O=C(N[C@H](CN1CCCC1)[C@H](O)c1ccc2c(c1)OCC=[O+]2)[C@@H]1CCN(c2ccc3cc(F)ccc3c2Cl)C1. The van der Waals surface area contributed by atoms with E-state index in [0.29, 0.717) is 54.7 Å². The summed E-state index contributed by atoms with van der Waals surface area (Å²) in [6, 6.07) is 13.2. The van der Waals surface area contributed by atoms with E-state index < -0.39 is 12.1 Å². The zero-order chi connectivity index (χ0) is 26.9. The summed E-state index contributed by atoms with van der Waals surface area (Å²) in [4.78, 5) is 17.9. The molecule has 1 amide bonds. The molecule has 0 aromatic heterocycles. The summed E-state index contributed by atoms with van der Waals surface area (Å²) in [5.41, 5.74) is 1.52. The lowest BCUT2D eigenvalue weighted by Crippen LogP contribution is -2.48. The Bertz CT molecular complexity index is 1410. The second kappa shape index (κ2) is 11.1. The third-order valence-electron chi connectivity index (χ3n) is 7.98. The van der Waals surface area contributed by atoms with Crippen LogP contribution in [0, 0.1) is 11.7 Å². The van der Waals surface area contributed by atoms with Gasteiger partial charge in [-0.1, -0.05) is 17.7 Å². The first-order valence-electron chi connectivity index (χ1n) is 13.5. The number of fused-ring (bicyclic) bond motifs is 2. The Kier molecular flexibility index (Phi) is 7.42. The zero-order valence-electron chi connectivity index (χ0n) is 21.6. The van der Waals surface area contributed by atoms with E-state index in [2.05, 4.69) is 15.1 Å². The average Bonchev–Trinajstić information content (AvgIpc) is 3.65. The van der Waals surface area contributed by atoms with E-state index >= 15 is 0 Å². The topological polar surface area (TPSA) is 76.3 Å². The van der Waals surface area contributed by atoms with Crippen LogP contribution in [0.2, 0.25) is 5.02 Å². The molecule has 2 saturated heterocycles. The molecule has 3 atom stereocenters. The highest BCUT2D eigenvalue weighted by molar-refractivity contribution is 6.38. The summed E-state index contributed by atoms with van der Waals surface area (Å²) in [6.45, 7) is 4.03. The molecule has 6 rings (SSSR count). The lowest BCUT2D eigenvalue weighted by molar-refractivity contribution is -0.367. The number of ether oxygens (including phenoxy) is 1. The number of carbonyl (C=O) groups excluding carboxylic acids is 2. The van der Waals surface area contributed by atoms with Crippen molar-refractivity contribution in [1.29, 1.82) is 0 Å². The number of aldehydes is 1. The van der Waals surface area contributed by atoms with Gasteiger partial charge in [0, 0.05) is 31.1 Å². The summed E-state index contributed by atoms with van der Waals surface area (Å²) in [6.07, 6.45) is 3.60. The molecule has 0 unspecified atom stereocenters. The molecule has 3 aromatic carbocycles. The first kappa shape index (κ1) is 26.0. The van der Waals surface area contributed by atoms with Crippen molar-refractivity contribution in [1.82, 2.24) is 10.2 Å². The summed E-state index contributed by atoms with van der Waals surface area (Å²) >= 11 is 6.72. The van der Waals surface area contributed by atoms with Crippen molar-refractivity contribution in [3.8, 4) is 11.5 Å². The third-order valence-corrected chi connectivity index (χ3v) is 8.38. The second-order valence-corrected chi connectivity index (χ2v) is 10.9. The number of amides is 1. The Morgan fingerprint density at radius 1 is 1.15 bits per heavy atom. The molecule has 3 aliphatic rings. The van der Waals surface area contributed by atoms with E-state index in [1.165, 1.54) is 12.1 Å². The van der Waals surface area contributed by atoms with Gasteiger partial charge in [0.1, 0.15) is 11.9 Å². The number of rotatable bonds is 7. The van der Waals surface area contributed by atoms with E-state index in [0.717, 1.165) is 42.4 Å². The maximum Gasteiger partial charge on any atom is 0.393 e. The molecule has 204 valence electrons. The minimum Gasteiger partial charge on any atom is -0.471 e. The first-order chi connectivity index (χ1) is 19.0. The van der Waals surface area contributed by atoms with Crippen molar-refractivity contribution in [3.05, 3.63) is 64.9 Å². The van der Waals surface area contributed by atoms with Crippen molar-refractivity contribution in [2.75, 3.05) is 44.2 Å². The van der Waals surface area contributed by atoms with E-state index in [9.17, 15) is 14.3 Å². The van der Waals surface area contributed by atoms with Crippen LogP contribution in [0.15, 0.2) is 48.5 Å². The molecule has 39 heavy (non-hydrogen) atoms. The number of hydrogen-bond donors (Lipinski definition) is 2. The van der Waals surface area contributed by atoms with Crippen molar-refractivity contribution in [3.63, 3.8) is 0 Å². The third kappa shape index (κ3) is 5.46. The van der Waals surface area contributed by atoms with E-state index in [1.807, 2.05) is 18.2 Å². The molecule has 2 fully saturated rings. The summed E-state index contributed by atoms with van der Waals surface area (Å²) in [7, 11) is 0. The highest BCUT2D eigenvalue weighted by atomic mass is 35.5. The summed E-state index contributed by atoms with van der Waals surface area (Å²) < 4.78 is 24.8. The molecule has 9 heteroatoms. The fraction of sp³-hybridized carbons (Fsp3) is 0.400. The number of aliphatic hydroxyl groups excluding tert-OH is 1. The molecular formula is C30H32ClFN3O4+. The number of likely N-dealkylation sites (tertiary alicyclic amines) is 1. The Hall–Kier alpha value is -3.20. The molecule has 0 aliphatic carbocycles. The van der Waals surface area contributed by atoms with Crippen LogP contribution in [0.4, 0.5) is 10.1 Å². The van der Waals surface area contributed by atoms with Gasteiger partial charge in [0.15, 0.2) is 6.61 Å². The predicted octanol–water partition coefficient (Wildman–Crippen LogP) is 4.61. The van der Waals surface area contributed by atoms with E-state index in [-0.39, 0.29) is 17.6 Å². The molecule has 7 nitrogen and oxygen atoms in total. The van der Waals surface area contributed by atoms with Crippen LogP contribution in [0.5, 0.6) is 11.5 Å². The highest BCUT2D eigenvalue weighted by Gasteiger charge is 2.34. The first-order valence-corrected chi connectivity index (χ1v) is 13.9. The fourth-order valence-corrected chi connectivity index (χ4v) is 6.21. The van der Waals surface area contributed by atoms with Gasteiger partial charge in [0.2, 0.25) is 11.7 Å². The minimum atomic E-state index is -0.901. The Morgan fingerprint density at radius 2 is 2.00 bits per heavy atom. The Labute approximate surface area is 231 Å². The largest absolute Gasteiger partial charge is 0.471 e. The van der Waals surface area contributed by atoms with Gasteiger partial charge >= 0.3 is 12.0 Å². The van der Waals surface area contributed by atoms with Gasteiger partial charge in [0.25, 0.3) is 0 Å². The van der Waals surface area contributed by atoms with Crippen LogP contribution in [0.1, 0.15) is 30.9 Å². The second-order valence-electron chi connectivity index (χ2n) is 10.6. The summed E-state index contributed by atoms with van der Waals surface area (Å²) in [5, 5.41) is 16.7. The minimum absolute atomic E-state index is 0.0770. The number of anilines is 1. The molecule has 0 bridgehead atoms. The van der Waals surface area contributed by atoms with Gasteiger partial charge in [-0.25, -0.2) is 8.82 Å². The van der Waals surface area contributed by atoms with Gasteiger partial charge < -0.3 is 25.0 Å². The van der Waals surface area contributed by atoms with Crippen LogP contribution < -0.4 is 15.0 Å². The maximum absolute atomic E-state index is 13.6. The van der Waals surface area contributed by atoms with E-state index in [1.54, 1.807) is 24.5 Å². The number of aliphatic hydroxyl groups is 1. The quantitative estimate of drug-likeness (QED) is 0.331. The smallest absolute Gasteiger partial charge is 0.393 e. The number of halogens is 2. The fourth-order valence-electron chi connectivity index (χ4n) is 5.86. The van der Waals surface area contributed by atoms with Crippen LogP contribution in [-0.2, 0) is 9.22 Å². The van der Waals surface area contributed by atoms with Crippen LogP contribution in [0.3, 0.4) is 0 Å². The van der Waals surface area contributed by atoms with Crippen molar-refractivity contribution in [2.45, 2.75) is 31.4 Å². The van der Waals surface area contributed by atoms with Crippen molar-refractivity contribution < 1.29 is 23.5 Å². The summed E-state index contributed by atoms with van der Waals surface area (Å²) in [5.74, 6) is 0.577. The lowest BCUT2D eigenvalue weighted by Gasteiger charge is -2.30. The lowest BCUT2D eigenvalue weighted by atomic mass is 9.99. The molecule has 3 heterocycles. The van der Waals surface area contributed by atoms with Crippen LogP contribution >= 0.6 is 11.6 Å². The maximum atomic E-state index is 13.6. The van der Waals surface area contributed by atoms with Gasteiger partial charge in [-0.05, 0) is 79.7 Å². The molecule has 3 aliphatic heterocycles. The van der Waals surface area contributed by atoms with Crippen molar-refractivity contribution in [2.24, 2.45) is 5.92 Å². The highest BCUT2D eigenvalue weighted by Crippen LogP contribution is 2.37.